The Balaban J connectivity index is 1.71. The smallest absolute Gasteiger partial charge is 0.231 e. The number of ether oxygens (including phenoxy) is 5. The van der Waals surface area contributed by atoms with Crippen molar-refractivity contribution in [3.8, 4) is 28.7 Å². The van der Waals surface area contributed by atoms with Crippen molar-refractivity contribution in [1.29, 1.82) is 0 Å². The molecule has 2 aromatic carbocycles. The number of hydrogen-bond donors (Lipinski definition) is 0. The Morgan fingerprint density at radius 3 is 2.13 bits per heavy atom. The van der Waals surface area contributed by atoms with Gasteiger partial charge >= 0.3 is 0 Å². The van der Waals surface area contributed by atoms with E-state index >= 15 is 0 Å². The Morgan fingerprint density at radius 1 is 0.842 bits per heavy atom. The van der Waals surface area contributed by atoms with Crippen LogP contribution >= 0.6 is 0 Å². The molecule has 0 radical (unpaired) electrons. The van der Waals surface area contributed by atoms with Crippen molar-refractivity contribution in [2.45, 2.75) is 78.0 Å². The lowest BCUT2D eigenvalue weighted by atomic mass is 9.70. The quantitative estimate of drug-likeness (QED) is 0.488. The van der Waals surface area contributed by atoms with Gasteiger partial charge in [-0.05, 0) is 69.8 Å². The summed E-state index contributed by atoms with van der Waals surface area (Å²) in [5, 5.41) is 0. The first-order valence-electron chi connectivity index (χ1n) is 13.7. The van der Waals surface area contributed by atoms with Crippen molar-refractivity contribution in [3.63, 3.8) is 0 Å². The third-order valence-electron chi connectivity index (χ3n) is 9.71. The van der Waals surface area contributed by atoms with Gasteiger partial charge in [0.25, 0.3) is 0 Å². The Bertz CT molecular complexity index is 1370. The van der Waals surface area contributed by atoms with E-state index in [9.17, 15) is 0 Å². The highest BCUT2D eigenvalue weighted by Gasteiger charge is 2.54. The summed E-state index contributed by atoms with van der Waals surface area (Å²) in [5.41, 5.74) is 9.60. The fourth-order valence-electron chi connectivity index (χ4n) is 8.20. The van der Waals surface area contributed by atoms with Crippen LogP contribution in [0, 0.1) is 20.8 Å². The van der Waals surface area contributed by atoms with Crippen LogP contribution in [0.5, 0.6) is 28.7 Å². The molecule has 5 atom stereocenters. The van der Waals surface area contributed by atoms with Crippen LogP contribution < -0.4 is 23.7 Å². The zero-order chi connectivity index (χ0) is 27.2. The van der Waals surface area contributed by atoms with Gasteiger partial charge in [-0.25, -0.2) is 0 Å². The number of piperazine rings is 1. The highest BCUT2D eigenvalue weighted by molar-refractivity contribution is 5.77. The molecule has 0 spiro atoms. The van der Waals surface area contributed by atoms with Crippen LogP contribution in [0.25, 0.3) is 6.08 Å². The second-order valence-corrected chi connectivity index (χ2v) is 11.2. The van der Waals surface area contributed by atoms with Gasteiger partial charge in [0.15, 0.2) is 23.0 Å². The van der Waals surface area contributed by atoms with Crippen molar-refractivity contribution in [2.75, 3.05) is 35.2 Å². The summed E-state index contributed by atoms with van der Waals surface area (Å²) in [7, 11) is 7.52. The van der Waals surface area contributed by atoms with Crippen LogP contribution in [0.15, 0.2) is 5.70 Å². The highest BCUT2D eigenvalue weighted by Crippen LogP contribution is 2.61. The molecule has 0 aromatic heterocycles. The van der Waals surface area contributed by atoms with Crippen molar-refractivity contribution in [1.82, 2.24) is 9.80 Å². The molecule has 4 heterocycles. The van der Waals surface area contributed by atoms with Gasteiger partial charge in [-0.2, -0.15) is 0 Å². The van der Waals surface area contributed by atoms with Gasteiger partial charge in [0, 0.05) is 40.0 Å². The summed E-state index contributed by atoms with van der Waals surface area (Å²) in [5.74, 6) is 4.54. The molecule has 1 fully saturated rings. The minimum atomic E-state index is 0.0168. The van der Waals surface area contributed by atoms with E-state index in [-0.39, 0.29) is 24.9 Å². The summed E-state index contributed by atoms with van der Waals surface area (Å²) in [6, 6.07) is 0.760. The summed E-state index contributed by atoms with van der Waals surface area (Å²) in [6.07, 6.45) is 3.28. The Labute approximate surface area is 226 Å². The molecule has 2 bridgehead atoms. The summed E-state index contributed by atoms with van der Waals surface area (Å²) in [4.78, 5) is 5.20. The number of methoxy groups -OCH3 is 3. The van der Waals surface area contributed by atoms with E-state index in [4.69, 9.17) is 23.7 Å². The molecule has 0 saturated carbocycles. The van der Waals surface area contributed by atoms with Crippen molar-refractivity contribution >= 4 is 6.08 Å². The van der Waals surface area contributed by atoms with Crippen molar-refractivity contribution in [2.24, 2.45) is 0 Å². The van der Waals surface area contributed by atoms with E-state index < -0.39 is 0 Å². The molecule has 1 saturated heterocycles. The number of fused-ring (bicyclic) bond motifs is 9. The fourth-order valence-corrected chi connectivity index (χ4v) is 8.20. The van der Waals surface area contributed by atoms with Gasteiger partial charge < -0.3 is 28.6 Å². The minimum Gasteiger partial charge on any atom is -0.496 e. The van der Waals surface area contributed by atoms with E-state index in [1.165, 1.54) is 28.0 Å². The number of hydrogen-bond acceptors (Lipinski definition) is 7. The average Bonchev–Trinajstić information content (AvgIpc) is 3.39. The van der Waals surface area contributed by atoms with Gasteiger partial charge in [-0.1, -0.05) is 13.8 Å². The molecule has 2 aromatic rings. The zero-order valence-electron chi connectivity index (χ0n) is 24.3. The Hall–Kier alpha value is -3.06. The number of rotatable bonds is 4. The highest BCUT2D eigenvalue weighted by atomic mass is 16.7. The normalized spacial score (nSPS) is 26.8. The second kappa shape index (κ2) is 8.73. The van der Waals surface area contributed by atoms with E-state index in [2.05, 4.69) is 64.5 Å². The van der Waals surface area contributed by atoms with Crippen LogP contribution in [0.4, 0.5) is 0 Å². The van der Waals surface area contributed by atoms with Gasteiger partial charge in [0.05, 0.1) is 33.4 Å². The third kappa shape index (κ3) is 2.94. The van der Waals surface area contributed by atoms with E-state index in [1.807, 2.05) is 0 Å². The van der Waals surface area contributed by atoms with Gasteiger partial charge in [0.1, 0.15) is 5.75 Å². The average molecular weight is 521 g/mol. The SMILES string of the molecule is CC[C@H]1c2c(c(OC)c(C)c3c2OCO3)C=C2[C@H]3c4c(OC)c(OC)c(C)c(C)c4C(C)[C@@H](C(C)N21)N3C. The second-order valence-electron chi connectivity index (χ2n) is 11.2. The third-order valence-corrected chi connectivity index (χ3v) is 9.71. The van der Waals surface area contributed by atoms with Crippen LogP contribution in [0.1, 0.15) is 84.1 Å². The first kappa shape index (κ1) is 25.2. The lowest BCUT2D eigenvalue weighted by Gasteiger charge is -2.60. The summed E-state index contributed by atoms with van der Waals surface area (Å²) < 4.78 is 30.2. The minimum absolute atomic E-state index is 0.0168. The lowest BCUT2D eigenvalue weighted by molar-refractivity contribution is -0.00813. The first-order valence-corrected chi connectivity index (χ1v) is 13.7. The van der Waals surface area contributed by atoms with E-state index in [1.54, 1.807) is 21.3 Å². The van der Waals surface area contributed by atoms with Crippen LogP contribution in [-0.2, 0) is 0 Å². The maximum atomic E-state index is 6.15. The molecule has 0 amide bonds. The maximum Gasteiger partial charge on any atom is 0.231 e. The molecule has 4 aliphatic rings. The van der Waals surface area contributed by atoms with Crippen LogP contribution in [-0.4, -0.2) is 57.1 Å². The number of benzene rings is 2. The lowest BCUT2D eigenvalue weighted by Crippen LogP contribution is -2.62. The predicted octanol–water partition coefficient (Wildman–Crippen LogP) is 6.03. The van der Waals surface area contributed by atoms with Gasteiger partial charge in [0.2, 0.25) is 6.79 Å². The molecule has 6 rings (SSSR count). The van der Waals surface area contributed by atoms with Gasteiger partial charge in [-0.15, -0.1) is 0 Å². The Kier molecular flexibility index (Phi) is 5.80. The molecule has 204 valence electrons. The molecule has 0 N–H and O–H groups in total. The molecular weight excluding hydrogens is 480 g/mol. The zero-order valence-corrected chi connectivity index (χ0v) is 24.3. The largest absolute Gasteiger partial charge is 0.496 e. The van der Waals surface area contributed by atoms with E-state index in [0.29, 0.717) is 12.0 Å². The molecule has 38 heavy (non-hydrogen) atoms. The van der Waals surface area contributed by atoms with Gasteiger partial charge in [-0.3, -0.25) is 4.90 Å². The fraction of sp³-hybridized carbons (Fsp3) is 0.548. The van der Waals surface area contributed by atoms with Crippen LogP contribution in [0.3, 0.4) is 0 Å². The number of likely N-dealkylation sites (N-methyl/N-ethyl adjacent to an activating group) is 1. The van der Waals surface area contributed by atoms with Crippen molar-refractivity contribution in [3.05, 3.63) is 44.6 Å². The monoisotopic (exact) mass is 520 g/mol. The standard InChI is InChI=1S/C31H40N2O5/c1-11-20-23-19(27(34-8)17(5)29-31(23)38-13-37-29)12-21-26-24-22(14(2)15(3)28(35-9)30(24)36-10)16(4)25(32(26)7)18(6)33(20)21/h12,16,18,20,25-26H,11,13H2,1-10H3/t16?,18?,20-,25-,26-/m0/s1. The molecule has 4 aliphatic heterocycles. The molecule has 7 nitrogen and oxygen atoms in total. The first-order chi connectivity index (χ1) is 18.2. The molecule has 2 unspecified atom stereocenters. The van der Waals surface area contributed by atoms with Crippen molar-refractivity contribution < 1.29 is 23.7 Å². The Morgan fingerprint density at radius 2 is 1.50 bits per heavy atom. The maximum absolute atomic E-state index is 6.15. The molecular formula is C31H40N2O5. The summed E-state index contributed by atoms with van der Waals surface area (Å²) in [6.45, 7) is 13.7. The van der Waals surface area contributed by atoms with E-state index in [0.717, 1.165) is 51.9 Å². The predicted molar refractivity (Wildman–Crippen MR) is 148 cm³/mol. The van der Waals surface area contributed by atoms with Crippen LogP contribution in [0.2, 0.25) is 0 Å². The number of nitrogens with zero attached hydrogens (tertiary/aromatic N) is 2. The topological polar surface area (TPSA) is 52.6 Å². The molecule has 7 heteroatoms. The molecule has 0 aliphatic carbocycles. The summed E-state index contributed by atoms with van der Waals surface area (Å²) >= 11 is 0.